The molecule has 0 saturated heterocycles. The molecule has 0 aliphatic carbocycles. The number of fused-ring (bicyclic) bond motifs is 2. The van der Waals surface area contributed by atoms with Crippen molar-refractivity contribution in [2.24, 2.45) is 0 Å². The summed E-state index contributed by atoms with van der Waals surface area (Å²) in [5, 5.41) is 9.62. The van der Waals surface area contributed by atoms with E-state index in [9.17, 15) is 9.59 Å². The SMILES string of the molecule is O=c1nc2oc3c(Cl)c(OCCCCCCO)ccc3cc-2c(=O)[nH]1. The largest absolute Gasteiger partial charge is 0.492 e. The second-order valence-electron chi connectivity index (χ2n) is 5.62. The van der Waals surface area contributed by atoms with Gasteiger partial charge in [-0.05, 0) is 37.5 Å². The monoisotopic (exact) mass is 364 g/mol. The number of hydrogen-bond donors (Lipinski definition) is 2. The maximum absolute atomic E-state index is 11.8. The predicted molar refractivity (Wildman–Crippen MR) is 93.6 cm³/mol. The molecule has 0 bridgehead atoms. The summed E-state index contributed by atoms with van der Waals surface area (Å²) in [4.78, 5) is 28.9. The van der Waals surface area contributed by atoms with Crippen LogP contribution in [0.4, 0.5) is 0 Å². The molecule has 0 amide bonds. The molecule has 132 valence electrons. The molecule has 7 nitrogen and oxygen atoms in total. The lowest BCUT2D eigenvalue weighted by atomic mass is 10.1. The van der Waals surface area contributed by atoms with Gasteiger partial charge in [-0.3, -0.25) is 9.78 Å². The van der Waals surface area contributed by atoms with Gasteiger partial charge in [0.05, 0.1) is 6.61 Å². The Labute approximate surface area is 147 Å². The molecule has 0 atom stereocenters. The molecule has 0 saturated carbocycles. The van der Waals surface area contributed by atoms with E-state index in [1.807, 2.05) is 0 Å². The van der Waals surface area contributed by atoms with Crippen molar-refractivity contribution < 1.29 is 14.3 Å². The predicted octanol–water partition coefficient (Wildman–Crippen LogP) is 2.57. The van der Waals surface area contributed by atoms with Gasteiger partial charge in [0.25, 0.3) is 5.56 Å². The van der Waals surface area contributed by atoms with Crippen molar-refractivity contribution in [2.45, 2.75) is 25.7 Å². The Kier molecular flexibility index (Phi) is 5.35. The average molecular weight is 365 g/mol. The van der Waals surface area contributed by atoms with E-state index in [1.54, 1.807) is 18.2 Å². The quantitative estimate of drug-likeness (QED) is 0.493. The summed E-state index contributed by atoms with van der Waals surface area (Å²) >= 11 is 6.34. The van der Waals surface area contributed by atoms with Crippen LogP contribution in [0.3, 0.4) is 0 Å². The van der Waals surface area contributed by atoms with Crippen LogP contribution in [-0.4, -0.2) is 28.3 Å². The topological polar surface area (TPSA) is 105 Å². The van der Waals surface area contributed by atoms with Crippen molar-refractivity contribution in [1.29, 1.82) is 0 Å². The lowest BCUT2D eigenvalue weighted by Gasteiger charge is -2.11. The molecule has 3 rings (SSSR count). The van der Waals surface area contributed by atoms with Crippen molar-refractivity contribution in [2.75, 3.05) is 13.2 Å². The third-order valence-electron chi connectivity index (χ3n) is 3.80. The highest BCUT2D eigenvalue weighted by molar-refractivity contribution is 6.36. The Morgan fingerprint density at radius 2 is 2.00 bits per heavy atom. The van der Waals surface area contributed by atoms with Gasteiger partial charge in [-0.15, -0.1) is 0 Å². The Bertz CT molecular complexity index is 965. The Morgan fingerprint density at radius 1 is 1.20 bits per heavy atom. The van der Waals surface area contributed by atoms with E-state index >= 15 is 0 Å². The van der Waals surface area contributed by atoms with Crippen LogP contribution in [0.2, 0.25) is 5.02 Å². The summed E-state index contributed by atoms with van der Waals surface area (Å²) < 4.78 is 11.2. The van der Waals surface area contributed by atoms with Gasteiger partial charge >= 0.3 is 5.69 Å². The first kappa shape index (κ1) is 17.4. The molecule has 2 aliphatic rings. The van der Waals surface area contributed by atoms with Crippen molar-refractivity contribution in [3.05, 3.63) is 44.1 Å². The first-order chi connectivity index (χ1) is 12.1. The molecule has 8 heteroatoms. The van der Waals surface area contributed by atoms with Gasteiger partial charge < -0.3 is 14.3 Å². The molecular formula is C17H17ClN2O5. The summed E-state index contributed by atoms with van der Waals surface area (Å²) in [6, 6.07) is 5.02. The molecule has 0 spiro atoms. The number of hydrogen-bond acceptors (Lipinski definition) is 6. The molecule has 0 radical (unpaired) electrons. The number of aromatic amines is 1. The van der Waals surface area contributed by atoms with Crippen LogP contribution < -0.4 is 16.0 Å². The molecule has 25 heavy (non-hydrogen) atoms. The zero-order valence-corrected chi connectivity index (χ0v) is 14.1. The molecule has 0 aromatic heterocycles. The molecule has 1 aromatic rings. The van der Waals surface area contributed by atoms with E-state index in [0.29, 0.717) is 23.3 Å². The van der Waals surface area contributed by atoms with E-state index < -0.39 is 11.2 Å². The van der Waals surface area contributed by atoms with Crippen LogP contribution in [0, 0.1) is 0 Å². The first-order valence-corrected chi connectivity index (χ1v) is 8.38. The van der Waals surface area contributed by atoms with Crippen LogP contribution in [0.1, 0.15) is 25.7 Å². The van der Waals surface area contributed by atoms with Gasteiger partial charge in [0.1, 0.15) is 16.3 Å². The minimum Gasteiger partial charge on any atom is -0.492 e. The van der Waals surface area contributed by atoms with Gasteiger partial charge in [-0.25, -0.2) is 4.79 Å². The number of rotatable bonds is 7. The van der Waals surface area contributed by atoms with Crippen molar-refractivity contribution in [3.8, 4) is 17.2 Å². The third kappa shape index (κ3) is 3.83. The van der Waals surface area contributed by atoms with Crippen LogP contribution >= 0.6 is 11.6 Å². The normalized spacial score (nSPS) is 11.3. The number of nitrogens with one attached hydrogen (secondary N) is 1. The lowest BCUT2D eigenvalue weighted by Crippen LogP contribution is -2.24. The zero-order chi connectivity index (χ0) is 17.8. The smallest absolute Gasteiger partial charge is 0.351 e. The van der Waals surface area contributed by atoms with Crippen LogP contribution in [0.25, 0.3) is 22.4 Å². The fourth-order valence-corrected chi connectivity index (χ4v) is 2.80. The fourth-order valence-electron chi connectivity index (χ4n) is 2.53. The van der Waals surface area contributed by atoms with E-state index in [2.05, 4.69) is 9.97 Å². The molecule has 0 fully saturated rings. The number of benzene rings is 1. The highest BCUT2D eigenvalue weighted by Gasteiger charge is 2.17. The number of halogens is 1. The van der Waals surface area contributed by atoms with E-state index in [0.717, 1.165) is 25.7 Å². The maximum Gasteiger partial charge on any atom is 0.351 e. The number of aliphatic hydroxyl groups is 1. The van der Waals surface area contributed by atoms with Gasteiger partial charge in [-0.1, -0.05) is 18.0 Å². The number of nitrogens with zero attached hydrogens (tertiary/aromatic N) is 1. The Morgan fingerprint density at radius 3 is 2.80 bits per heavy atom. The van der Waals surface area contributed by atoms with E-state index in [4.69, 9.17) is 25.9 Å². The van der Waals surface area contributed by atoms with Gasteiger partial charge in [-0.2, -0.15) is 4.98 Å². The first-order valence-electron chi connectivity index (χ1n) is 8.00. The number of aliphatic hydroxyl groups excluding tert-OH is 1. The lowest BCUT2D eigenvalue weighted by molar-refractivity contribution is 0.273. The number of unbranched alkanes of at least 4 members (excludes halogenated alkanes) is 3. The van der Waals surface area contributed by atoms with Crippen molar-refractivity contribution >= 4 is 22.6 Å². The molecule has 2 aliphatic heterocycles. The summed E-state index contributed by atoms with van der Waals surface area (Å²) in [6.45, 7) is 0.696. The maximum atomic E-state index is 11.8. The standard InChI is InChI=1S/C17H17ClN2O5/c18-13-12(24-8-4-2-1-3-7-21)6-5-10-9-11-15(22)19-17(23)20-16(11)25-14(10)13/h5-6,9,21H,1-4,7-8H2,(H,19,22,23). The summed E-state index contributed by atoms with van der Waals surface area (Å²) in [5.41, 5.74) is -0.836. The Balaban J connectivity index is 1.86. The highest BCUT2D eigenvalue weighted by atomic mass is 35.5. The summed E-state index contributed by atoms with van der Waals surface area (Å²) in [6.07, 6.45) is 3.54. The third-order valence-corrected chi connectivity index (χ3v) is 4.16. The van der Waals surface area contributed by atoms with Crippen LogP contribution in [0.5, 0.6) is 5.75 Å². The van der Waals surface area contributed by atoms with Crippen molar-refractivity contribution in [1.82, 2.24) is 9.97 Å². The van der Waals surface area contributed by atoms with Gasteiger partial charge in [0.2, 0.25) is 5.89 Å². The van der Waals surface area contributed by atoms with E-state index in [1.165, 1.54) is 0 Å². The second kappa shape index (κ2) is 7.67. The molecule has 2 heterocycles. The second-order valence-corrected chi connectivity index (χ2v) is 6.00. The molecule has 2 N–H and O–H groups in total. The highest BCUT2D eigenvalue weighted by Crippen LogP contribution is 2.35. The minimum absolute atomic E-state index is 0.0655. The number of aromatic nitrogens is 2. The summed E-state index contributed by atoms with van der Waals surface area (Å²) in [5.74, 6) is 0.399. The number of ether oxygens (including phenoxy) is 1. The molecular weight excluding hydrogens is 348 g/mol. The summed E-state index contributed by atoms with van der Waals surface area (Å²) in [7, 11) is 0. The fraction of sp³-hybridized carbons (Fsp3) is 0.353. The van der Waals surface area contributed by atoms with Crippen LogP contribution in [-0.2, 0) is 0 Å². The van der Waals surface area contributed by atoms with Gasteiger partial charge in [0.15, 0.2) is 5.58 Å². The van der Waals surface area contributed by atoms with Crippen LogP contribution in [0.15, 0.2) is 32.2 Å². The minimum atomic E-state index is -0.771. The molecule has 1 aromatic carbocycles. The Hall–Kier alpha value is -2.38. The van der Waals surface area contributed by atoms with E-state index in [-0.39, 0.29) is 23.1 Å². The van der Waals surface area contributed by atoms with Gasteiger partial charge in [0, 0.05) is 12.0 Å². The number of H-pyrrole nitrogens is 1. The average Bonchev–Trinajstić information content (AvgIpc) is 2.59. The van der Waals surface area contributed by atoms with Crippen molar-refractivity contribution in [3.63, 3.8) is 0 Å². The zero-order valence-electron chi connectivity index (χ0n) is 13.4. The molecule has 0 unspecified atom stereocenters.